The van der Waals surface area contributed by atoms with E-state index in [0.29, 0.717) is 18.6 Å². The summed E-state index contributed by atoms with van der Waals surface area (Å²) in [6, 6.07) is 0. The highest BCUT2D eigenvalue weighted by atomic mass is 32.2. The third kappa shape index (κ3) is 10.8. The third-order valence-electron chi connectivity index (χ3n) is 2.09. The molecule has 18 heavy (non-hydrogen) atoms. The first-order chi connectivity index (χ1) is 8.16. The Bertz CT molecular complexity index is 250. The molecule has 0 aliphatic heterocycles. The molecule has 0 heterocycles. The first-order valence-electron chi connectivity index (χ1n) is 6.34. The number of ether oxygens (including phenoxy) is 1. The number of esters is 1. The van der Waals surface area contributed by atoms with E-state index >= 15 is 0 Å². The van der Waals surface area contributed by atoms with Gasteiger partial charge in [-0.05, 0) is 32.9 Å². The molecular weight excluding hydrogens is 258 g/mol. The molecule has 0 saturated carbocycles. The van der Waals surface area contributed by atoms with Gasteiger partial charge in [-0.25, -0.2) is 8.78 Å². The number of hydrogen-bond acceptors (Lipinski definition) is 3. The lowest BCUT2D eigenvalue weighted by molar-refractivity contribution is -0.151. The summed E-state index contributed by atoms with van der Waals surface area (Å²) in [6.45, 7) is 7.17. The van der Waals surface area contributed by atoms with Gasteiger partial charge in [0.15, 0.2) is 0 Å². The Labute approximate surface area is 113 Å². The Hall–Kier alpha value is -0.320. The van der Waals surface area contributed by atoms with Crippen molar-refractivity contribution < 1.29 is 18.3 Å². The van der Waals surface area contributed by atoms with Gasteiger partial charge < -0.3 is 4.74 Å². The number of carbonyl (C=O) groups is 1. The van der Waals surface area contributed by atoms with Gasteiger partial charge >= 0.3 is 5.97 Å². The van der Waals surface area contributed by atoms with Crippen molar-refractivity contribution in [3.05, 3.63) is 0 Å². The molecule has 2 nitrogen and oxygen atoms in total. The predicted octanol–water partition coefficient (Wildman–Crippen LogP) is 4.28. The van der Waals surface area contributed by atoms with E-state index in [-0.39, 0.29) is 24.6 Å². The maximum Gasteiger partial charge on any atom is 0.316 e. The van der Waals surface area contributed by atoms with Crippen LogP contribution in [-0.4, -0.2) is 29.0 Å². The van der Waals surface area contributed by atoms with Crippen LogP contribution in [0.4, 0.5) is 8.78 Å². The standard InChI is InChI=1S/C13H24F2O2S/c1-5-7-13(14,15)8-6-9-18-10-11(16)17-12(2,3)4/h5-10H2,1-4H3. The minimum atomic E-state index is -2.55. The van der Waals surface area contributed by atoms with Crippen LogP contribution in [0.1, 0.15) is 53.4 Å². The van der Waals surface area contributed by atoms with Gasteiger partial charge in [-0.1, -0.05) is 13.3 Å². The van der Waals surface area contributed by atoms with E-state index in [1.807, 2.05) is 0 Å². The number of rotatable bonds is 8. The molecule has 0 aliphatic rings. The molecule has 0 atom stereocenters. The van der Waals surface area contributed by atoms with Crippen LogP contribution >= 0.6 is 11.8 Å². The Morgan fingerprint density at radius 3 is 2.33 bits per heavy atom. The van der Waals surface area contributed by atoms with Crippen molar-refractivity contribution in [2.75, 3.05) is 11.5 Å². The van der Waals surface area contributed by atoms with Gasteiger partial charge in [0, 0.05) is 12.8 Å². The SMILES string of the molecule is CCCC(F)(F)CCCSCC(=O)OC(C)(C)C. The highest BCUT2D eigenvalue weighted by Gasteiger charge is 2.26. The molecule has 0 aliphatic carbocycles. The molecule has 0 aromatic heterocycles. The van der Waals surface area contributed by atoms with E-state index in [9.17, 15) is 13.6 Å². The number of hydrogen-bond donors (Lipinski definition) is 0. The van der Waals surface area contributed by atoms with Crippen LogP contribution in [0.3, 0.4) is 0 Å². The predicted molar refractivity (Wildman–Crippen MR) is 72.3 cm³/mol. The van der Waals surface area contributed by atoms with Crippen LogP contribution in [0.2, 0.25) is 0 Å². The second-order valence-corrected chi connectivity index (χ2v) is 6.45. The van der Waals surface area contributed by atoms with E-state index < -0.39 is 11.5 Å². The summed E-state index contributed by atoms with van der Waals surface area (Å²) in [7, 11) is 0. The highest BCUT2D eigenvalue weighted by molar-refractivity contribution is 7.99. The fourth-order valence-corrected chi connectivity index (χ4v) is 2.17. The van der Waals surface area contributed by atoms with Crippen molar-refractivity contribution in [1.29, 1.82) is 0 Å². The van der Waals surface area contributed by atoms with E-state index in [2.05, 4.69) is 0 Å². The maximum absolute atomic E-state index is 13.1. The highest BCUT2D eigenvalue weighted by Crippen LogP contribution is 2.26. The lowest BCUT2D eigenvalue weighted by Gasteiger charge is -2.19. The van der Waals surface area contributed by atoms with Crippen LogP contribution in [-0.2, 0) is 9.53 Å². The summed E-state index contributed by atoms with van der Waals surface area (Å²) in [4.78, 5) is 11.3. The average Bonchev–Trinajstić information content (AvgIpc) is 2.13. The fraction of sp³-hybridized carbons (Fsp3) is 0.923. The van der Waals surface area contributed by atoms with Crippen LogP contribution in [0, 0.1) is 0 Å². The van der Waals surface area contributed by atoms with Gasteiger partial charge in [0.1, 0.15) is 5.60 Å². The van der Waals surface area contributed by atoms with Crippen LogP contribution in [0.5, 0.6) is 0 Å². The van der Waals surface area contributed by atoms with E-state index in [4.69, 9.17) is 4.74 Å². The molecule has 0 radical (unpaired) electrons. The van der Waals surface area contributed by atoms with Gasteiger partial charge in [-0.3, -0.25) is 4.79 Å². The Balaban J connectivity index is 3.60. The van der Waals surface area contributed by atoms with Crippen molar-refractivity contribution >= 4 is 17.7 Å². The van der Waals surface area contributed by atoms with Gasteiger partial charge in [0.05, 0.1) is 5.75 Å². The zero-order chi connectivity index (χ0) is 14.2. The minimum absolute atomic E-state index is 0.0519. The van der Waals surface area contributed by atoms with Crippen molar-refractivity contribution in [3.63, 3.8) is 0 Å². The molecule has 0 fully saturated rings. The average molecular weight is 282 g/mol. The maximum atomic E-state index is 13.1. The molecule has 0 amide bonds. The molecule has 0 saturated heterocycles. The van der Waals surface area contributed by atoms with Crippen molar-refractivity contribution in [3.8, 4) is 0 Å². The van der Waals surface area contributed by atoms with E-state index in [0.717, 1.165) is 0 Å². The monoisotopic (exact) mass is 282 g/mol. The lowest BCUT2D eigenvalue weighted by atomic mass is 10.1. The normalized spacial score (nSPS) is 12.6. The summed E-state index contributed by atoms with van der Waals surface area (Å²) in [5.74, 6) is -2.04. The van der Waals surface area contributed by atoms with E-state index in [1.54, 1.807) is 27.7 Å². The molecular formula is C13H24F2O2S. The summed E-state index contributed by atoms with van der Waals surface area (Å²) in [6.07, 6.45) is 0.782. The Kier molecular flexibility index (Phi) is 7.83. The number of carbonyl (C=O) groups excluding carboxylic acids is 1. The summed E-state index contributed by atoms with van der Waals surface area (Å²) < 4.78 is 31.4. The summed E-state index contributed by atoms with van der Waals surface area (Å²) in [5.41, 5.74) is -0.480. The minimum Gasteiger partial charge on any atom is -0.459 e. The van der Waals surface area contributed by atoms with Crippen LogP contribution in [0.15, 0.2) is 0 Å². The van der Waals surface area contributed by atoms with Gasteiger partial charge in [0.25, 0.3) is 0 Å². The van der Waals surface area contributed by atoms with Crippen molar-refractivity contribution in [2.45, 2.75) is 64.9 Å². The fourth-order valence-electron chi connectivity index (χ4n) is 1.45. The molecule has 0 spiro atoms. The van der Waals surface area contributed by atoms with Crippen molar-refractivity contribution in [1.82, 2.24) is 0 Å². The second kappa shape index (κ2) is 7.97. The van der Waals surface area contributed by atoms with Gasteiger partial charge in [-0.15, -0.1) is 0 Å². The number of halogens is 2. The largest absolute Gasteiger partial charge is 0.459 e. The molecule has 0 bridgehead atoms. The molecule has 0 aromatic rings. The Morgan fingerprint density at radius 1 is 1.22 bits per heavy atom. The third-order valence-corrected chi connectivity index (χ3v) is 3.10. The second-order valence-electron chi connectivity index (χ2n) is 5.35. The first kappa shape index (κ1) is 17.7. The molecule has 5 heteroatoms. The summed E-state index contributed by atoms with van der Waals surface area (Å²) in [5, 5.41) is 0. The first-order valence-corrected chi connectivity index (χ1v) is 7.49. The van der Waals surface area contributed by atoms with Crippen LogP contribution < -0.4 is 0 Å². The zero-order valence-corrected chi connectivity index (χ0v) is 12.5. The molecule has 0 aromatic carbocycles. The zero-order valence-electron chi connectivity index (χ0n) is 11.7. The number of thioether (sulfide) groups is 1. The molecule has 0 N–H and O–H groups in total. The van der Waals surface area contributed by atoms with Gasteiger partial charge in [-0.2, -0.15) is 11.8 Å². The van der Waals surface area contributed by atoms with Crippen molar-refractivity contribution in [2.24, 2.45) is 0 Å². The van der Waals surface area contributed by atoms with Gasteiger partial charge in [0.2, 0.25) is 5.92 Å². The quantitative estimate of drug-likeness (QED) is 0.491. The Morgan fingerprint density at radius 2 is 1.83 bits per heavy atom. The topological polar surface area (TPSA) is 26.3 Å². The number of alkyl halides is 2. The summed E-state index contributed by atoms with van der Waals surface area (Å²) >= 11 is 1.35. The molecule has 0 rings (SSSR count). The van der Waals surface area contributed by atoms with E-state index in [1.165, 1.54) is 11.8 Å². The smallest absolute Gasteiger partial charge is 0.316 e. The molecule has 108 valence electrons. The van der Waals surface area contributed by atoms with Crippen LogP contribution in [0.25, 0.3) is 0 Å². The lowest BCUT2D eigenvalue weighted by Crippen LogP contribution is -2.25. The molecule has 0 unspecified atom stereocenters.